The third-order valence-electron chi connectivity index (χ3n) is 4.01. The fourth-order valence-electron chi connectivity index (χ4n) is 2.34. The van der Waals surface area contributed by atoms with Gasteiger partial charge in [-0.15, -0.1) is 0 Å². The van der Waals surface area contributed by atoms with Gasteiger partial charge in [0.2, 0.25) is 0 Å². The molecule has 1 N–H and O–H groups in total. The van der Waals surface area contributed by atoms with E-state index in [2.05, 4.69) is 79.6 Å². The zero-order valence-electron chi connectivity index (χ0n) is 14.6. The van der Waals surface area contributed by atoms with E-state index in [4.69, 9.17) is 0 Å². The van der Waals surface area contributed by atoms with Gasteiger partial charge in [0.15, 0.2) is 0 Å². The average molecular weight is 277 g/mol. The van der Waals surface area contributed by atoms with Gasteiger partial charge >= 0.3 is 0 Å². The average Bonchev–Trinajstić information content (AvgIpc) is 2.24. The number of phenolic OH excluding ortho intramolecular Hbond substituents is 1. The molecule has 0 saturated carbocycles. The number of hydrogen-bond donors (Lipinski definition) is 1. The summed E-state index contributed by atoms with van der Waals surface area (Å²) in [4.78, 5) is 2.20. The molecule has 2 nitrogen and oxygen atoms in total. The minimum Gasteiger partial charge on any atom is -0.507 e. The van der Waals surface area contributed by atoms with E-state index in [1.165, 1.54) is 5.56 Å². The first kappa shape index (κ1) is 17.0. The topological polar surface area (TPSA) is 23.5 Å². The van der Waals surface area contributed by atoms with Gasteiger partial charge in [-0.3, -0.25) is 0 Å². The molecular formula is C18H31NO. The second-order valence-electron chi connectivity index (χ2n) is 8.10. The summed E-state index contributed by atoms with van der Waals surface area (Å²) in [5.74, 6) is 0.458. The molecule has 0 saturated heterocycles. The first-order valence-corrected chi connectivity index (χ1v) is 7.40. The van der Waals surface area contributed by atoms with Crippen molar-refractivity contribution < 1.29 is 5.11 Å². The van der Waals surface area contributed by atoms with Gasteiger partial charge in [-0.2, -0.15) is 0 Å². The first-order chi connectivity index (χ1) is 8.85. The molecule has 1 unspecified atom stereocenters. The molecule has 1 aromatic rings. The molecular weight excluding hydrogens is 246 g/mol. The Balaban J connectivity index is 3.59. The Hall–Kier alpha value is -1.02. The standard InChI is InChI=1S/C18H31NO/c1-12(19(8)9)13-10-14(17(2,3)4)16(20)15(11-13)18(5,6)7/h10-12,20H,1-9H3. The fraction of sp³-hybridized carbons (Fsp3) is 0.667. The van der Waals surface area contributed by atoms with Crippen LogP contribution >= 0.6 is 0 Å². The van der Waals surface area contributed by atoms with E-state index in [0.29, 0.717) is 11.8 Å². The molecule has 20 heavy (non-hydrogen) atoms. The van der Waals surface area contributed by atoms with Gasteiger partial charge in [-0.1, -0.05) is 41.5 Å². The molecule has 0 fully saturated rings. The quantitative estimate of drug-likeness (QED) is 0.853. The molecule has 0 aliphatic heterocycles. The molecule has 1 rings (SSSR count). The fourth-order valence-corrected chi connectivity index (χ4v) is 2.34. The normalized spacial score (nSPS) is 14.7. The molecule has 114 valence electrons. The number of benzene rings is 1. The number of phenols is 1. The lowest BCUT2D eigenvalue weighted by molar-refractivity contribution is 0.319. The predicted molar refractivity (Wildman–Crippen MR) is 87.6 cm³/mol. The van der Waals surface area contributed by atoms with Crippen LogP contribution < -0.4 is 0 Å². The SMILES string of the molecule is CC(c1cc(C(C)(C)C)c(O)c(C(C)(C)C)c1)N(C)C. The molecule has 1 atom stereocenters. The number of aromatic hydroxyl groups is 1. The maximum absolute atomic E-state index is 10.7. The highest BCUT2D eigenvalue weighted by molar-refractivity contribution is 5.50. The van der Waals surface area contributed by atoms with E-state index in [9.17, 15) is 5.11 Å². The van der Waals surface area contributed by atoms with Gasteiger partial charge in [0.1, 0.15) is 5.75 Å². The Bertz CT molecular complexity index is 440. The summed E-state index contributed by atoms with van der Waals surface area (Å²) in [6.45, 7) is 15.1. The van der Waals surface area contributed by atoms with Crippen LogP contribution in [0.5, 0.6) is 5.75 Å². The molecule has 0 amide bonds. The second kappa shape index (κ2) is 5.40. The van der Waals surface area contributed by atoms with E-state index in [-0.39, 0.29) is 10.8 Å². The zero-order chi connectivity index (χ0) is 15.9. The van der Waals surface area contributed by atoms with Crippen LogP contribution in [-0.4, -0.2) is 24.1 Å². The third kappa shape index (κ3) is 3.54. The molecule has 0 aliphatic carbocycles. The van der Waals surface area contributed by atoms with Crippen LogP contribution in [0.3, 0.4) is 0 Å². The van der Waals surface area contributed by atoms with Crippen molar-refractivity contribution in [2.45, 2.75) is 65.3 Å². The lowest BCUT2D eigenvalue weighted by atomic mass is 9.78. The van der Waals surface area contributed by atoms with Gasteiger partial charge in [0, 0.05) is 6.04 Å². The Morgan fingerprint density at radius 2 is 1.25 bits per heavy atom. The van der Waals surface area contributed by atoms with Crippen molar-refractivity contribution in [3.05, 3.63) is 28.8 Å². The van der Waals surface area contributed by atoms with E-state index in [1.54, 1.807) is 0 Å². The Morgan fingerprint density at radius 1 is 0.900 bits per heavy atom. The van der Waals surface area contributed by atoms with Gasteiger partial charge < -0.3 is 10.0 Å². The molecule has 2 heteroatoms. The summed E-state index contributed by atoms with van der Waals surface area (Å²) in [7, 11) is 4.18. The van der Waals surface area contributed by atoms with Gasteiger partial charge in [0.25, 0.3) is 0 Å². The maximum Gasteiger partial charge on any atom is 0.123 e. The highest BCUT2D eigenvalue weighted by Crippen LogP contribution is 2.41. The maximum atomic E-state index is 10.7. The van der Waals surface area contributed by atoms with Crippen molar-refractivity contribution in [1.29, 1.82) is 0 Å². The van der Waals surface area contributed by atoms with E-state index < -0.39 is 0 Å². The number of hydrogen-bond acceptors (Lipinski definition) is 2. The Labute approximate surface area is 124 Å². The van der Waals surface area contributed by atoms with Crippen molar-refractivity contribution in [2.24, 2.45) is 0 Å². The first-order valence-electron chi connectivity index (χ1n) is 7.40. The molecule has 0 spiro atoms. The van der Waals surface area contributed by atoms with Crippen molar-refractivity contribution in [3.63, 3.8) is 0 Å². The van der Waals surface area contributed by atoms with Crippen molar-refractivity contribution in [1.82, 2.24) is 4.90 Å². The van der Waals surface area contributed by atoms with Crippen molar-refractivity contribution >= 4 is 0 Å². The van der Waals surface area contributed by atoms with Crippen LogP contribution in [0.15, 0.2) is 12.1 Å². The number of rotatable bonds is 2. The molecule has 0 aromatic heterocycles. The highest BCUT2D eigenvalue weighted by Gasteiger charge is 2.27. The molecule has 0 bridgehead atoms. The largest absolute Gasteiger partial charge is 0.507 e. The lowest BCUT2D eigenvalue weighted by Gasteiger charge is -2.30. The Morgan fingerprint density at radius 3 is 1.50 bits per heavy atom. The van der Waals surface area contributed by atoms with Crippen LogP contribution in [0.1, 0.15) is 71.2 Å². The minimum atomic E-state index is -0.0634. The molecule has 0 aliphatic rings. The van der Waals surface area contributed by atoms with Crippen LogP contribution in [0.2, 0.25) is 0 Å². The third-order valence-corrected chi connectivity index (χ3v) is 4.01. The summed E-state index contributed by atoms with van der Waals surface area (Å²) >= 11 is 0. The second-order valence-corrected chi connectivity index (χ2v) is 8.10. The Kier molecular flexibility index (Phi) is 4.60. The smallest absolute Gasteiger partial charge is 0.123 e. The minimum absolute atomic E-state index is 0.0634. The number of nitrogens with zero attached hydrogens (tertiary/aromatic N) is 1. The van der Waals surface area contributed by atoms with Gasteiger partial charge in [-0.05, 0) is 60.7 Å². The van der Waals surface area contributed by atoms with E-state index in [0.717, 1.165) is 11.1 Å². The monoisotopic (exact) mass is 277 g/mol. The van der Waals surface area contributed by atoms with Crippen LogP contribution in [-0.2, 0) is 10.8 Å². The molecule has 0 heterocycles. The predicted octanol–water partition coefficient (Wildman–Crippen LogP) is 4.61. The van der Waals surface area contributed by atoms with Gasteiger partial charge in [-0.25, -0.2) is 0 Å². The van der Waals surface area contributed by atoms with E-state index in [1.807, 2.05) is 0 Å². The zero-order valence-corrected chi connectivity index (χ0v) is 14.6. The summed E-state index contributed by atoms with van der Waals surface area (Å²) in [6.07, 6.45) is 0. The van der Waals surface area contributed by atoms with Crippen LogP contribution in [0, 0.1) is 0 Å². The van der Waals surface area contributed by atoms with E-state index >= 15 is 0 Å². The van der Waals surface area contributed by atoms with Crippen LogP contribution in [0.25, 0.3) is 0 Å². The summed E-state index contributed by atoms with van der Waals surface area (Å²) in [5, 5.41) is 10.7. The highest BCUT2D eigenvalue weighted by atomic mass is 16.3. The van der Waals surface area contributed by atoms with Gasteiger partial charge in [0.05, 0.1) is 0 Å². The lowest BCUT2D eigenvalue weighted by Crippen LogP contribution is -2.21. The van der Waals surface area contributed by atoms with Crippen LogP contribution in [0.4, 0.5) is 0 Å². The summed E-state index contributed by atoms with van der Waals surface area (Å²) in [6, 6.07) is 4.66. The molecule has 1 aromatic carbocycles. The summed E-state index contributed by atoms with van der Waals surface area (Å²) in [5.41, 5.74) is 3.21. The summed E-state index contributed by atoms with van der Waals surface area (Å²) < 4.78 is 0. The molecule has 0 radical (unpaired) electrons. The van der Waals surface area contributed by atoms with Crippen molar-refractivity contribution in [2.75, 3.05) is 14.1 Å². The van der Waals surface area contributed by atoms with Crippen molar-refractivity contribution in [3.8, 4) is 5.75 Å².